The van der Waals surface area contributed by atoms with Gasteiger partial charge in [-0.25, -0.2) is 0 Å². The highest BCUT2D eigenvalue weighted by Gasteiger charge is 2.27. The predicted molar refractivity (Wildman–Crippen MR) is 88.5 cm³/mol. The number of hydrogen-bond acceptors (Lipinski definition) is 4. The summed E-state index contributed by atoms with van der Waals surface area (Å²) in [5.41, 5.74) is 1.14. The first-order valence-corrected chi connectivity index (χ1v) is 8.53. The van der Waals surface area contributed by atoms with Crippen molar-refractivity contribution in [2.45, 2.75) is 52.3 Å². The number of nitrogens with zero attached hydrogens (tertiary/aromatic N) is 2. The average Bonchev–Trinajstić information content (AvgIpc) is 2.83. The van der Waals surface area contributed by atoms with E-state index in [-0.39, 0.29) is 12.1 Å². The molecule has 2 unspecified atom stereocenters. The van der Waals surface area contributed by atoms with Crippen molar-refractivity contribution in [2.75, 3.05) is 26.9 Å². The van der Waals surface area contributed by atoms with E-state index in [1.54, 1.807) is 7.11 Å². The van der Waals surface area contributed by atoms with E-state index in [9.17, 15) is 0 Å². The maximum Gasteiger partial charge on any atom is 0.0785 e. The molecule has 5 nitrogen and oxygen atoms in total. The number of halogens is 1. The van der Waals surface area contributed by atoms with Gasteiger partial charge >= 0.3 is 0 Å². The molecule has 0 saturated heterocycles. The topological polar surface area (TPSA) is 48.3 Å². The Morgan fingerprint density at radius 3 is 2.71 bits per heavy atom. The van der Waals surface area contributed by atoms with Crippen molar-refractivity contribution in [3.05, 3.63) is 16.4 Å². The molecule has 0 bridgehead atoms. The summed E-state index contributed by atoms with van der Waals surface area (Å²) in [6, 6.07) is 0.128. The minimum atomic E-state index is 0.128. The van der Waals surface area contributed by atoms with Crippen LogP contribution in [0.5, 0.6) is 0 Å². The zero-order valence-electron chi connectivity index (χ0n) is 13.6. The summed E-state index contributed by atoms with van der Waals surface area (Å²) in [6.07, 6.45) is 4.11. The van der Waals surface area contributed by atoms with Crippen molar-refractivity contribution in [1.29, 1.82) is 0 Å². The summed E-state index contributed by atoms with van der Waals surface area (Å²) in [5.74, 6) is 0. The summed E-state index contributed by atoms with van der Waals surface area (Å²) >= 11 is 3.63. The van der Waals surface area contributed by atoms with Gasteiger partial charge in [-0.1, -0.05) is 20.3 Å². The zero-order valence-corrected chi connectivity index (χ0v) is 15.1. The molecule has 1 aromatic heterocycles. The molecule has 2 atom stereocenters. The second-order valence-electron chi connectivity index (χ2n) is 4.91. The van der Waals surface area contributed by atoms with E-state index in [1.807, 2.05) is 17.8 Å². The largest absolute Gasteiger partial charge is 0.383 e. The van der Waals surface area contributed by atoms with Crippen LogP contribution in [-0.4, -0.2) is 42.8 Å². The molecule has 6 heteroatoms. The first kappa shape index (κ1) is 18.6. The smallest absolute Gasteiger partial charge is 0.0785 e. The summed E-state index contributed by atoms with van der Waals surface area (Å²) < 4.78 is 14.2. The third-order valence-corrected chi connectivity index (χ3v) is 4.00. The van der Waals surface area contributed by atoms with Gasteiger partial charge in [-0.05, 0) is 35.8 Å². The minimum Gasteiger partial charge on any atom is -0.383 e. The zero-order chi connectivity index (χ0) is 15.7. The molecule has 1 N–H and O–H groups in total. The second-order valence-corrected chi connectivity index (χ2v) is 5.77. The van der Waals surface area contributed by atoms with E-state index in [0.717, 1.165) is 42.7 Å². The molecule has 0 aliphatic carbocycles. The predicted octanol–water partition coefficient (Wildman–Crippen LogP) is 3.15. The number of likely N-dealkylation sites (N-methyl/N-ethyl adjacent to an activating group) is 1. The maximum absolute atomic E-state index is 5.98. The monoisotopic (exact) mass is 361 g/mol. The van der Waals surface area contributed by atoms with Gasteiger partial charge in [-0.3, -0.25) is 4.68 Å². The first-order chi connectivity index (χ1) is 10.2. The Hall–Kier alpha value is -0.430. The summed E-state index contributed by atoms with van der Waals surface area (Å²) in [5, 5.41) is 8.01. The lowest BCUT2D eigenvalue weighted by atomic mass is 10.0. The van der Waals surface area contributed by atoms with Gasteiger partial charge < -0.3 is 14.8 Å². The summed E-state index contributed by atoms with van der Waals surface area (Å²) in [4.78, 5) is 0. The number of nitrogens with one attached hydrogen (secondary N) is 1. The third-order valence-electron chi connectivity index (χ3n) is 3.38. The molecular weight excluding hydrogens is 334 g/mol. The van der Waals surface area contributed by atoms with Crippen LogP contribution in [0.2, 0.25) is 0 Å². The Morgan fingerprint density at radius 1 is 1.38 bits per heavy atom. The van der Waals surface area contributed by atoms with E-state index in [0.29, 0.717) is 6.61 Å². The molecule has 0 aliphatic rings. The van der Waals surface area contributed by atoms with Crippen molar-refractivity contribution in [2.24, 2.45) is 0 Å². The van der Waals surface area contributed by atoms with Gasteiger partial charge in [0.05, 0.1) is 41.7 Å². The molecule has 0 spiro atoms. The SMILES string of the molecule is CCCC(OCC)C(NCC)c1c(Br)cnn1CCOC. The van der Waals surface area contributed by atoms with Gasteiger partial charge in [-0.15, -0.1) is 0 Å². The molecule has 122 valence electrons. The highest BCUT2D eigenvalue weighted by atomic mass is 79.9. The van der Waals surface area contributed by atoms with E-state index in [4.69, 9.17) is 9.47 Å². The molecule has 21 heavy (non-hydrogen) atoms. The second kappa shape index (κ2) is 10.3. The highest BCUT2D eigenvalue weighted by Crippen LogP contribution is 2.29. The number of rotatable bonds is 11. The molecule has 1 rings (SSSR count). The van der Waals surface area contributed by atoms with Gasteiger partial charge in [-0.2, -0.15) is 5.10 Å². The fraction of sp³-hybridized carbons (Fsp3) is 0.800. The van der Waals surface area contributed by atoms with Crippen molar-refractivity contribution < 1.29 is 9.47 Å². The fourth-order valence-electron chi connectivity index (χ4n) is 2.51. The van der Waals surface area contributed by atoms with E-state index in [1.165, 1.54) is 0 Å². The molecule has 0 radical (unpaired) electrons. The molecule has 0 amide bonds. The van der Waals surface area contributed by atoms with Crippen LogP contribution < -0.4 is 5.32 Å². The van der Waals surface area contributed by atoms with Gasteiger partial charge in [0, 0.05) is 13.7 Å². The number of hydrogen-bond donors (Lipinski definition) is 1. The van der Waals surface area contributed by atoms with Gasteiger partial charge in [0.1, 0.15) is 0 Å². The van der Waals surface area contributed by atoms with Crippen LogP contribution in [0.1, 0.15) is 45.3 Å². The normalized spacial score (nSPS) is 14.3. The van der Waals surface area contributed by atoms with E-state index >= 15 is 0 Å². The van der Waals surface area contributed by atoms with E-state index < -0.39 is 0 Å². The fourth-order valence-corrected chi connectivity index (χ4v) is 3.05. The summed E-state index contributed by atoms with van der Waals surface area (Å²) in [7, 11) is 1.71. The van der Waals surface area contributed by atoms with Crippen LogP contribution in [0.25, 0.3) is 0 Å². The lowest BCUT2D eigenvalue weighted by Crippen LogP contribution is -2.36. The third kappa shape index (κ3) is 5.36. The number of ether oxygens (including phenoxy) is 2. The Labute approximate surface area is 136 Å². The molecule has 1 heterocycles. The molecule has 0 fully saturated rings. The van der Waals surface area contributed by atoms with Crippen LogP contribution in [0.4, 0.5) is 0 Å². The van der Waals surface area contributed by atoms with Crippen LogP contribution in [0.15, 0.2) is 10.7 Å². The Kier molecular flexibility index (Phi) is 9.15. The van der Waals surface area contributed by atoms with Crippen molar-refractivity contribution in [3.8, 4) is 0 Å². The molecule has 1 aromatic rings. The number of aromatic nitrogens is 2. The lowest BCUT2D eigenvalue weighted by Gasteiger charge is -2.28. The quantitative estimate of drug-likeness (QED) is 0.657. The minimum absolute atomic E-state index is 0.128. The van der Waals surface area contributed by atoms with Gasteiger partial charge in [0.2, 0.25) is 0 Å². The highest BCUT2D eigenvalue weighted by molar-refractivity contribution is 9.10. The Balaban J connectivity index is 3.04. The lowest BCUT2D eigenvalue weighted by molar-refractivity contribution is 0.0252. The molecule has 0 saturated carbocycles. The molecule has 0 aromatic carbocycles. The first-order valence-electron chi connectivity index (χ1n) is 7.74. The standard InChI is InChI=1S/C15H28BrN3O2/c1-5-8-13(21-7-3)14(17-6-2)15-12(16)11-18-19(15)9-10-20-4/h11,13-14,17H,5-10H2,1-4H3. The number of methoxy groups -OCH3 is 1. The van der Waals surface area contributed by atoms with Crippen LogP contribution >= 0.6 is 15.9 Å². The maximum atomic E-state index is 5.98. The summed E-state index contributed by atoms with van der Waals surface area (Å²) in [6.45, 7) is 9.34. The van der Waals surface area contributed by atoms with Crippen LogP contribution in [-0.2, 0) is 16.0 Å². The van der Waals surface area contributed by atoms with Crippen molar-refractivity contribution >= 4 is 15.9 Å². The van der Waals surface area contributed by atoms with Crippen LogP contribution in [0, 0.1) is 0 Å². The van der Waals surface area contributed by atoms with Gasteiger partial charge in [0.15, 0.2) is 0 Å². The van der Waals surface area contributed by atoms with Gasteiger partial charge in [0.25, 0.3) is 0 Å². The van der Waals surface area contributed by atoms with E-state index in [2.05, 4.69) is 40.2 Å². The molecular formula is C15H28BrN3O2. The Morgan fingerprint density at radius 2 is 2.14 bits per heavy atom. The van der Waals surface area contributed by atoms with Crippen molar-refractivity contribution in [3.63, 3.8) is 0 Å². The average molecular weight is 362 g/mol. The van der Waals surface area contributed by atoms with Crippen molar-refractivity contribution in [1.82, 2.24) is 15.1 Å². The van der Waals surface area contributed by atoms with Crippen LogP contribution in [0.3, 0.4) is 0 Å². The molecule has 0 aliphatic heterocycles. The Bertz CT molecular complexity index is 392.